The molecule has 0 radical (unpaired) electrons. The molecule has 8 rings (SSSR count). The number of aryl methyl sites for hydroxylation is 1. The number of pyridine rings is 1. The Kier molecular flexibility index (Phi) is 5.41. The summed E-state index contributed by atoms with van der Waals surface area (Å²) in [6.45, 7) is 4.01. The van der Waals surface area contributed by atoms with Crippen molar-refractivity contribution in [1.82, 2.24) is 14.9 Å². The maximum Gasteiger partial charge on any atom is 0.335 e. The van der Waals surface area contributed by atoms with E-state index in [-0.39, 0.29) is 5.57 Å². The number of amides is 4. The van der Waals surface area contributed by atoms with E-state index in [0.717, 1.165) is 45.3 Å². The van der Waals surface area contributed by atoms with E-state index < -0.39 is 17.8 Å². The van der Waals surface area contributed by atoms with Crippen molar-refractivity contribution in [3.8, 4) is 5.69 Å². The zero-order valence-corrected chi connectivity index (χ0v) is 22.3. The molecule has 1 saturated heterocycles. The van der Waals surface area contributed by atoms with Crippen LogP contribution in [0.3, 0.4) is 0 Å². The fourth-order valence-electron chi connectivity index (χ4n) is 8.30. The molecule has 4 bridgehead atoms. The minimum atomic E-state index is -0.766. The van der Waals surface area contributed by atoms with Crippen LogP contribution >= 0.6 is 0 Å². The quantitative estimate of drug-likeness (QED) is 0.357. The number of hydrogen-bond donors (Lipinski definition) is 1. The third-order valence-electron chi connectivity index (χ3n) is 9.57. The lowest BCUT2D eigenvalue weighted by atomic mass is 9.48. The summed E-state index contributed by atoms with van der Waals surface area (Å²) in [5, 5.41) is 2.29. The molecule has 4 saturated carbocycles. The number of nitrogens with zero attached hydrogens (tertiary/aromatic N) is 3. The largest absolute Gasteiger partial charge is 0.335 e. The van der Waals surface area contributed by atoms with Gasteiger partial charge in [0, 0.05) is 29.5 Å². The zero-order chi connectivity index (χ0) is 26.9. The van der Waals surface area contributed by atoms with Gasteiger partial charge >= 0.3 is 6.03 Å². The van der Waals surface area contributed by atoms with E-state index in [1.807, 2.05) is 19.9 Å². The SMILES string of the molecule is Cc1cc(/C=C2\C(=O)NC(=O)N(c3ccncc3)C2=O)c(C)n1-c1ccc(C23CC4CC(CC(C4)C2)C3)cc1. The number of aromatic nitrogens is 2. The average molecular weight is 521 g/mol. The molecule has 3 aromatic rings. The van der Waals surface area contributed by atoms with Crippen molar-refractivity contribution in [3.05, 3.63) is 82.9 Å². The highest BCUT2D eigenvalue weighted by Gasteiger charge is 2.51. The minimum absolute atomic E-state index is 0.0798. The molecule has 0 spiro atoms. The summed E-state index contributed by atoms with van der Waals surface area (Å²) < 4.78 is 2.16. The number of nitrogens with one attached hydrogen (secondary N) is 1. The topological polar surface area (TPSA) is 84.3 Å². The molecule has 3 heterocycles. The van der Waals surface area contributed by atoms with Crippen LogP contribution in [0.1, 0.15) is 61.0 Å². The minimum Gasteiger partial charge on any atom is -0.318 e. The van der Waals surface area contributed by atoms with Gasteiger partial charge in [-0.25, -0.2) is 9.69 Å². The van der Waals surface area contributed by atoms with Crippen LogP contribution in [0.4, 0.5) is 10.5 Å². The number of carbonyl (C=O) groups excluding carboxylic acids is 3. The number of barbiturate groups is 1. The molecule has 7 heteroatoms. The smallest absolute Gasteiger partial charge is 0.318 e. The molecule has 39 heavy (non-hydrogen) atoms. The van der Waals surface area contributed by atoms with Crippen molar-refractivity contribution in [3.63, 3.8) is 0 Å². The van der Waals surface area contributed by atoms with E-state index in [4.69, 9.17) is 0 Å². The zero-order valence-electron chi connectivity index (χ0n) is 22.3. The van der Waals surface area contributed by atoms with Gasteiger partial charge in [-0.3, -0.25) is 19.9 Å². The fraction of sp³-hybridized carbons (Fsp3) is 0.375. The summed E-state index contributed by atoms with van der Waals surface area (Å²) in [6, 6.07) is 13.4. The first-order valence-electron chi connectivity index (χ1n) is 13.9. The van der Waals surface area contributed by atoms with Gasteiger partial charge < -0.3 is 4.57 Å². The highest BCUT2D eigenvalue weighted by molar-refractivity contribution is 6.39. The second-order valence-electron chi connectivity index (χ2n) is 12.1. The molecule has 0 unspecified atom stereocenters. The van der Waals surface area contributed by atoms with Crippen molar-refractivity contribution in [2.24, 2.45) is 17.8 Å². The van der Waals surface area contributed by atoms with Gasteiger partial charge in [-0.05, 0) is 123 Å². The summed E-state index contributed by atoms with van der Waals surface area (Å²) in [6.07, 6.45) is 12.9. The highest BCUT2D eigenvalue weighted by Crippen LogP contribution is 2.60. The molecule has 7 nitrogen and oxygen atoms in total. The lowest BCUT2D eigenvalue weighted by molar-refractivity contribution is -0.122. The predicted octanol–water partition coefficient (Wildman–Crippen LogP) is 5.62. The van der Waals surface area contributed by atoms with Gasteiger partial charge in [0.2, 0.25) is 0 Å². The summed E-state index contributed by atoms with van der Waals surface area (Å²) in [5.74, 6) is 1.37. The van der Waals surface area contributed by atoms with Gasteiger partial charge in [0.25, 0.3) is 11.8 Å². The van der Waals surface area contributed by atoms with E-state index in [1.54, 1.807) is 18.2 Å². The first-order chi connectivity index (χ1) is 18.8. The van der Waals surface area contributed by atoms with Crippen molar-refractivity contribution in [2.45, 2.75) is 57.8 Å². The summed E-state index contributed by atoms with van der Waals surface area (Å²) in [5.41, 5.74) is 5.88. The Hall–Kier alpha value is -4.00. The lowest BCUT2D eigenvalue weighted by Gasteiger charge is -2.57. The van der Waals surface area contributed by atoms with E-state index in [9.17, 15) is 14.4 Å². The molecule has 1 aromatic carbocycles. The Bertz CT molecular complexity index is 1500. The number of benzene rings is 1. The average Bonchev–Trinajstić information content (AvgIpc) is 3.18. The van der Waals surface area contributed by atoms with Gasteiger partial charge in [0.1, 0.15) is 5.57 Å². The van der Waals surface area contributed by atoms with Crippen LogP contribution in [0.25, 0.3) is 11.8 Å². The van der Waals surface area contributed by atoms with Crippen LogP contribution in [-0.4, -0.2) is 27.4 Å². The van der Waals surface area contributed by atoms with Gasteiger partial charge in [-0.1, -0.05) is 12.1 Å². The van der Waals surface area contributed by atoms with Gasteiger partial charge in [-0.15, -0.1) is 0 Å². The molecule has 5 aliphatic rings. The van der Waals surface area contributed by atoms with Crippen LogP contribution in [0, 0.1) is 31.6 Å². The van der Waals surface area contributed by atoms with Crippen molar-refractivity contribution < 1.29 is 14.4 Å². The van der Waals surface area contributed by atoms with E-state index in [0.29, 0.717) is 11.1 Å². The van der Waals surface area contributed by atoms with Crippen LogP contribution in [0.15, 0.2) is 60.4 Å². The Morgan fingerprint density at radius 2 is 1.49 bits per heavy atom. The van der Waals surface area contributed by atoms with E-state index in [2.05, 4.69) is 39.1 Å². The second-order valence-corrected chi connectivity index (χ2v) is 12.1. The lowest BCUT2D eigenvalue weighted by Crippen LogP contribution is -2.54. The predicted molar refractivity (Wildman–Crippen MR) is 148 cm³/mol. The molecule has 1 aliphatic heterocycles. The molecule has 4 amide bonds. The first kappa shape index (κ1) is 24.1. The van der Waals surface area contributed by atoms with Crippen LogP contribution in [-0.2, 0) is 15.0 Å². The first-order valence-corrected chi connectivity index (χ1v) is 13.9. The number of hydrogen-bond acceptors (Lipinski definition) is 4. The van der Waals surface area contributed by atoms with Crippen molar-refractivity contribution in [2.75, 3.05) is 4.90 Å². The summed E-state index contributed by atoms with van der Waals surface area (Å²) >= 11 is 0. The standard InChI is InChI=1S/C32H32N4O3/c1-19-11-24(15-28-29(37)34-31(39)36(30(28)38)27-7-9-33-10-8-27)20(2)35(19)26-5-3-25(4-6-26)32-16-21-12-22(17-32)14-23(13-21)18-32/h3-11,15,21-23H,12-14,16-18H2,1-2H3,(H,34,37,39)/b28-15+. The number of imide groups is 2. The number of anilines is 1. The number of urea groups is 1. The second kappa shape index (κ2) is 8.76. The van der Waals surface area contributed by atoms with Crippen LogP contribution < -0.4 is 10.2 Å². The monoisotopic (exact) mass is 520 g/mol. The Balaban J connectivity index is 1.20. The maximum absolute atomic E-state index is 13.3. The normalized spacial score (nSPS) is 28.9. The van der Waals surface area contributed by atoms with Gasteiger partial charge in [-0.2, -0.15) is 0 Å². The molecule has 0 atom stereocenters. The van der Waals surface area contributed by atoms with E-state index in [1.165, 1.54) is 56.5 Å². The van der Waals surface area contributed by atoms with E-state index >= 15 is 0 Å². The Morgan fingerprint density at radius 3 is 2.10 bits per heavy atom. The maximum atomic E-state index is 13.3. The van der Waals surface area contributed by atoms with Crippen LogP contribution in [0.5, 0.6) is 0 Å². The molecule has 198 valence electrons. The third-order valence-corrected chi connectivity index (χ3v) is 9.57. The number of rotatable bonds is 4. The van der Waals surface area contributed by atoms with Gasteiger partial charge in [0.05, 0.1) is 5.69 Å². The molecule has 1 N–H and O–H groups in total. The molecular weight excluding hydrogens is 488 g/mol. The third kappa shape index (κ3) is 3.86. The Labute approximate surface area is 227 Å². The number of carbonyl (C=O) groups is 3. The summed E-state index contributed by atoms with van der Waals surface area (Å²) in [7, 11) is 0. The van der Waals surface area contributed by atoms with Crippen molar-refractivity contribution >= 4 is 29.6 Å². The Morgan fingerprint density at radius 1 is 0.872 bits per heavy atom. The molecular formula is C32H32N4O3. The molecule has 5 fully saturated rings. The highest BCUT2D eigenvalue weighted by atomic mass is 16.2. The fourth-order valence-corrected chi connectivity index (χ4v) is 8.30. The van der Waals surface area contributed by atoms with Crippen molar-refractivity contribution in [1.29, 1.82) is 0 Å². The molecule has 4 aliphatic carbocycles. The van der Waals surface area contributed by atoms with Gasteiger partial charge in [0.15, 0.2) is 0 Å². The molecule has 2 aromatic heterocycles. The summed E-state index contributed by atoms with van der Waals surface area (Å²) in [4.78, 5) is 43.4. The van der Waals surface area contributed by atoms with Crippen LogP contribution in [0.2, 0.25) is 0 Å².